The Labute approximate surface area is 243 Å². The summed E-state index contributed by atoms with van der Waals surface area (Å²) in [5.74, 6) is 0.311. The van der Waals surface area contributed by atoms with E-state index in [1.54, 1.807) is 68.6 Å². The number of carbonyl (C=O) groups excluding carboxylic acids is 2. The van der Waals surface area contributed by atoms with E-state index in [4.69, 9.17) is 9.47 Å². The number of unbranched alkanes of at least 4 members (excludes halogenated alkanes) is 1. The van der Waals surface area contributed by atoms with Gasteiger partial charge in [-0.3, -0.25) is 13.9 Å². The lowest BCUT2D eigenvalue weighted by Crippen LogP contribution is -2.51. The predicted molar refractivity (Wildman–Crippen MR) is 160 cm³/mol. The number of nitrogens with one attached hydrogen (secondary N) is 1. The van der Waals surface area contributed by atoms with Crippen LogP contribution in [0.4, 0.5) is 5.69 Å². The van der Waals surface area contributed by atoms with E-state index in [0.29, 0.717) is 23.7 Å². The number of sulfonamides is 1. The Kier molecular flexibility index (Phi) is 11.2. The van der Waals surface area contributed by atoms with Crippen molar-refractivity contribution in [2.24, 2.45) is 0 Å². The van der Waals surface area contributed by atoms with Crippen LogP contribution in [0.3, 0.4) is 0 Å². The number of carbonyl (C=O) groups is 2. The predicted octanol–water partition coefficient (Wildman–Crippen LogP) is 4.54. The van der Waals surface area contributed by atoms with Crippen molar-refractivity contribution in [1.82, 2.24) is 10.2 Å². The number of rotatable bonds is 14. The number of ether oxygens (including phenoxy) is 2. The fourth-order valence-electron chi connectivity index (χ4n) is 4.20. The molecule has 0 heterocycles. The van der Waals surface area contributed by atoms with E-state index in [-0.39, 0.29) is 17.3 Å². The quantitative estimate of drug-likeness (QED) is 0.280. The largest absolute Gasteiger partial charge is 0.497 e. The molecular weight excluding hydrogens is 542 g/mol. The Morgan fingerprint density at radius 2 is 1.59 bits per heavy atom. The molecule has 0 spiro atoms. The number of benzene rings is 3. The average molecular weight is 582 g/mol. The highest BCUT2D eigenvalue weighted by Gasteiger charge is 2.32. The first-order valence-electron chi connectivity index (χ1n) is 13.5. The molecule has 0 bridgehead atoms. The summed E-state index contributed by atoms with van der Waals surface area (Å²) in [7, 11) is -1.07. The standard InChI is InChI=1S/C31H39N3O6S/c1-6-7-19-32-31(36)24(3)33(21-25-9-8-10-28(20-25)40-5)30(35)22-34(26-13-15-27(39-4)16-14-26)41(37,38)29-17-11-23(2)12-18-29/h8-18,20,24H,6-7,19,21-22H2,1-5H3,(H,32,36)/t24-/m0/s1. The van der Waals surface area contributed by atoms with Crippen LogP contribution in [0.5, 0.6) is 11.5 Å². The fraction of sp³-hybridized carbons (Fsp3) is 0.355. The molecular formula is C31H39N3O6S. The summed E-state index contributed by atoms with van der Waals surface area (Å²) in [6, 6.07) is 19.2. The number of hydrogen-bond acceptors (Lipinski definition) is 6. The van der Waals surface area contributed by atoms with Crippen LogP contribution in [-0.2, 0) is 26.2 Å². The SMILES string of the molecule is CCCCNC(=O)[C@H](C)N(Cc1cccc(OC)c1)C(=O)CN(c1ccc(OC)cc1)S(=O)(=O)c1ccc(C)cc1. The minimum Gasteiger partial charge on any atom is -0.497 e. The molecule has 1 N–H and O–H groups in total. The summed E-state index contributed by atoms with van der Waals surface area (Å²) in [5.41, 5.74) is 1.94. The second-order valence-corrected chi connectivity index (χ2v) is 11.6. The van der Waals surface area contributed by atoms with Gasteiger partial charge in [-0.1, -0.05) is 43.2 Å². The van der Waals surface area contributed by atoms with Crippen molar-refractivity contribution in [2.75, 3.05) is 31.6 Å². The average Bonchev–Trinajstić information content (AvgIpc) is 2.98. The van der Waals surface area contributed by atoms with Crippen LogP contribution >= 0.6 is 0 Å². The molecule has 2 amide bonds. The van der Waals surface area contributed by atoms with Crippen molar-refractivity contribution >= 4 is 27.5 Å². The number of aryl methyl sites for hydroxylation is 1. The summed E-state index contributed by atoms with van der Waals surface area (Å²) in [6.07, 6.45) is 1.72. The maximum Gasteiger partial charge on any atom is 0.264 e. The van der Waals surface area contributed by atoms with E-state index in [1.807, 2.05) is 19.9 Å². The molecule has 0 aliphatic heterocycles. The zero-order valence-corrected chi connectivity index (χ0v) is 25.1. The van der Waals surface area contributed by atoms with Crippen LogP contribution in [0.1, 0.15) is 37.8 Å². The lowest BCUT2D eigenvalue weighted by Gasteiger charge is -2.32. The summed E-state index contributed by atoms with van der Waals surface area (Å²) in [4.78, 5) is 28.5. The first kappa shape index (κ1) is 31.5. The minimum atomic E-state index is -4.14. The molecule has 41 heavy (non-hydrogen) atoms. The third-order valence-corrected chi connectivity index (χ3v) is 8.52. The van der Waals surface area contributed by atoms with Crippen molar-refractivity contribution in [1.29, 1.82) is 0 Å². The van der Waals surface area contributed by atoms with Crippen LogP contribution < -0.4 is 19.1 Å². The Balaban J connectivity index is 2.01. The molecule has 0 fully saturated rings. The third-order valence-electron chi connectivity index (χ3n) is 6.73. The van der Waals surface area contributed by atoms with Crippen molar-refractivity contribution in [3.05, 3.63) is 83.9 Å². The van der Waals surface area contributed by atoms with E-state index < -0.39 is 28.5 Å². The van der Waals surface area contributed by atoms with Gasteiger partial charge in [0.1, 0.15) is 24.1 Å². The van der Waals surface area contributed by atoms with Gasteiger partial charge in [-0.25, -0.2) is 8.42 Å². The molecule has 0 aliphatic carbocycles. The maximum atomic E-state index is 14.0. The maximum absolute atomic E-state index is 14.0. The van der Waals surface area contributed by atoms with Gasteiger partial charge >= 0.3 is 0 Å². The minimum absolute atomic E-state index is 0.0522. The van der Waals surface area contributed by atoms with Crippen molar-refractivity contribution in [3.8, 4) is 11.5 Å². The molecule has 0 aliphatic rings. The van der Waals surface area contributed by atoms with E-state index >= 15 is 0 Å². The molecule has 0 saturated heterocycles. The van der Waals surface area contributed by atoms with Gasteiger partial charge in [0, 0.05) is 13.1 Å². The molecule has 9 nitrogen and oxygen atoms in total. The number of anilines is 1. The van der Waals surface area contributed by atoms with Gasteiger partial charge in [0.2, 0.25) is 11.8 Å². The highest BCUT2D eigenvalue weighted by Crippen LogP contribution is 2.27. The summed E-state index contributed by atoms with van der Waals surface area (Å²) in [5, 5.41) is 2.88. The zero-order chi connectivity index (χ0) is 30.0. The summed E-state index contributed by atoms with van der Waals surface area (Å²) >= 11 is 0. The molecule has 3 rings (SSSR count). The molecule has 0 unspecified atom stereocenters. The van der Waals surface area contributed by atoms with E-state index in [9.17, 15) is 18.0 Å². The van der Waals surface area contributed by atoms with Crippen molar-refractivity contribution in [3.63, 3.8) is 0 Å². The smallest absolute Gasteiger partial charge is 0.264 e. The second-order valence-electron chi connectivity index (χ2n) is 9.72. The molecule has 10 heteroatoms. The van der Waals surface area contributed by atoms with Gasteiger partial charge in [-0.15, -0.1) is 0 Å². The fourth-order valence-corrected chi connectivity index (χ4v) is 5.62. The molecule has 1 atom stereocenters. The van der Waals surface area contributed by atoms with Crippen LogP contribution in [0, 0.1) is 6.92 Å². The molecule has 220 valence electrons. The summed E-state index contributed by atoms with van der Waals surface area (Å²) < 4.78 is 39.4. The Hall–Kier alpha value is -4.05. The van der Waals surface area contributed by atoms with E-state index in [0.717, 1.165) is 28.3 Å². The van der Waals surface area contributed by atoms with Crippen LogP contribution in [0.25, 0.3) is 0 Å². The number of nitrogens with zero attached hydrogens (tertiary/aromatic N) is 2. The highest BCUT2D eigenvalue weighted by molar-refractivity contribution is 7.92. The van der Waals surface area contributed by atoms with Gasteiger partial charge in [0.15, 0.2) is 0 Å². The monoisotopic (exact) mass is 581 g/mol. The van der Waals surface area contributed by atoms with E-state index in [2.05, 4.69) is 5.32 Å². The molecule has 3 aromatic rings. The van der Waals surface area contributed by atoms with Gasteiger partial charge < -0.3 is 19.7 Å². The Bertz CT molecular complexity index is 1410. The summed E-state index contributed by atoms with van der Waals surface area (Å²) in [6.45, 7) is 5.59. The normalized spacial score (nSPS) is 11.8. The van der Waals surface area contributed by atoms with E-state index in [1.165, 1.54) is 24.1 Å². The van der Waals surface area contributed by atoms with Gasteiger partial charge in [0.05, 0.1) is 24.8 Å². The van der Waals surface area contributed by atoms with Crippen LogP contribution in [-0.4, -0.2) is 58.5 Å². The highest BCUT2D eigenvalue weighted by atomic mass is 32.2. The molecule has 3 aromatic carbocycles. The lowest BCUT2D eigenvalue weighted by molar-refractivity contribution is -0.139. The topological polar surface area (TPSA) is 105 Å². The van der Waals surface area contributed by atoms with Crippen LogP contribution in [0.2, 0.25) is 0 Å². The molecule has 0 aromatic heterocycles. The lowest BCUT2D eigenvalue weighted by atomic mass is 10.1. The Morgan fingerprint density at radius 1 is 0.927 bits per heavy atom. The van der Waals surface area contributed by atoms with Gasteiger partial charge in [-0.2, -0.15) is 0 Å². The van der Waals surface area contributed by atoms with Crippen LogP contribution in [0.15, 0.2) is 77.7 Å². The zero-order valence-electron chi connectivity index (χ0n) is 24.3. The second kappa shape index (κ2) is 14.5. The molecule has 0 radical (unpaired) electrons. The van der Waals surface area contributed by atoms with Gasteiger partial charge in [-0.05, 0) is 74.4 Å². The van der Waals surface area contributed by atoms with Crippen molar-refractivity contribution in [2.45, 2.75) is 51.1 Å². The first-order valence-corrected chi connectivity index (χ1v) is 15.0. The number of hydrogen-bond donors (Lipinski definition) is 1. The first-order chi connectivity index (χ1) is 19.6. The number of amides is 2. The van der Waals surface area contributed by atoms with Crippen molar-refractivity contribution < 1.29 is 27.5 Å². The Morgan fingerprint density at radius 3 is 2.20 bits per heavy atom. The van der Waals surface area contributed by atoms with Gasteiger partial charge in [0.25, 0.3) is 10.0 Å². The number of methoxy groups -OCH3 is 2. The molecule has 0 saturated carbocycles. The third kappa shape index (κ3) is 8.23.